The summed E-state index contributed by atoms with van der Waals surface area (Å²) in [6, 6.07) is 13.3. The molecule has 11 heteroatoms. The number of benzene rings is 2. The molecule has 0 fully saturated rings. The van der Waals surface area contributed by atoms with Crippen LogP contribution in [0.5, 0.6) is 0 Å². The lowest BCUT2D eigenvalue weighted by atomic mass is 9.92. The largest absolute Gasteiger partial charge is 0.318 e. The van der Waals surface area contributed by atoms with Crippen LogP contribution in [0.2, 0.25) is 0 Å². The molecule has 0 saturated heterocycles. The van der Waals surface area contributed by atoms with Crippen molar-refractivity contribution in [1.82, 2.24) is 30.4 Å². The van der Waals surface area contributed by atoms with Crippen molar-refractivity contribution in [3.63, 3.8) is 0 Å². The number of aromatic amines is 1. The molecular weight excluding hydrogens is 388 g/mol. The second-order valence-corrected chi connectivity index (χ2v) is 6.88. The number of tetrazole rings is 1. The van der Waals surface area contributed by atoms with Gasteiger partial charge in [0.15, 0.2) is 0 Å². The number of hydrogen-bond donors (Lipinski definition) is 2. The Bertz CT molecular complexity index is 1340. The smallest absolute Gasteiger partial charge is 0.288 e. The first-order valence-corrected chi connectivity index (χ1v) is 9.02. The van der Waals surface area contributed by atoms with Gasteiger partial charge in [-0.1, -0.05) is 47.1 Å². The average molecular weight is 402 g/mol. The monoisotopic (exact) mass is 402 g/mol. The summed E-state index contributed by atoms with van der Waals surface area (Å²) in [5, 5.41) is 32.7. The Balaban J connectivity index is 1.80. The normalized spacial score (nSPS) is 14.5. The van der Waals surface area contributed by atoms with E-state index in [2.05, 4.69) is 31.0 Å². The van der Waals surface area contributed by atoms with E-state index in [9.17, 15) is 14.9 Å². The molecule has 2 N–H and O–H groups in total. The molecule has 5 rings (SSSR count). The zero-order valence-electron chi connectivity index (χ0n) is 15.6. The van der Waals surface area contributed by atoms with Crippen LogP contribution in [0.25, 0.3) is 11.3 Å². The van der Waals surface area contributed by atoms with E-state index >= 15 is 0 Å². The van der Waals surface area contributed by atoms with E-state index in [1.807, 2.05) is 31.2 Å². The third-order valence-corrected chi connectivity index (χ3v) is 4.99. The van der Waals surface area contributed by atoms with E-state index < -0.39 is 16.5 Å². The van der Waals surface area contributed by atoms with Gasteiger partial charge >= 0.3 is 0 Å². The molecule has 1 aliphatic heterocycles. The van der Waals surface area contributed by atoms with Gasteiger partial charge in [0, 0.05) is 23.3 Å². The number of H-pyrrole nitrogens is 1. The third-order valence-electron chi connectivity index (χ3n) is 4.99. The summed E-state index contributed by atoms with van der Waals surface area (Å²) < 4.78 is 1.56. The minimum Gasteiger partial charge on any atom is -0.318 e. The van der Waals surface area contributed by atoms with Gasteiger partial charge in [0.1, 0.15) is 11.7 Å². The van der Waals surface area contributed by atoms with E-state index in [4.69, 9.17) is 0 Å². The van der Waals surface area contributed by atoms with Gasteiger partial charge in [-0.2, -0.15) is 9.78 Å². The number of rotatable bonds is 3. The number of hydrogen-bond acceptors (Lipinski definition) is 8. The second-order valence-electron chi connectivity index (χ2n) is 6.88. The van der Waals surface area contributed by atoms with E-state index in [-0.39, 0.29) is 11.4 Å². The quantitative estimate of drug-likeness (QED) is 0.345. The molecule has 1 aliphatic rings. The van der Waals surface area contributed by atoms with Crippen LogP contribution in [-0.2, 0) is 0 Å². The zero-order chi connectivity index (χ0) is 20.8. The van der Waals surface area contributed by atoms with Crippen LogP contribution in [0, 0.1) is 17.0 Å². The van der Waals surface area contributed by atoms with E-state index in [0.29, 0.717) is 22.8 Å². The fraction of sp³-hybridized carbons (Fsp3) is 0.105. The predicted octanol–water partition coefficient (Wildman–Crippen LogP) is 2.33. The molecule has 148 valence electrons. The van der Waals surface area contributed by atoms with Gasteiger partial charge in [-0.25, -0.2) is 5.10 Å². The van der Waals surface area contributed by atoms with E-state index in [1.54, 1.807) is 16.8 Å². The number of nitro benzene ring substituents is 1. The maximum absolute atomic E-state index is 12.6. The van der Waals surface area contributed by atoms with Gasteiger partial charge in [0.25, 0.3) is 11.2 Å². The molecule has 0 aliphatic carbocycles. The number of fused-ring (bicyclic) bond motifs is 2. The molecule has 0 radical (unpaired) electrons. The number of aryl methyl sites for hydroxylation is 1. The first-order chi connectivity index (χ1) is 14.5. The SMILES string of the molecule is Cc1ccc([C@H]2c3c(-c4cccc([N+](=O)[O-])c4)n[nH]c(=O)c3Nc3nnnn32)cc1. The summed E-state index contributed by atoms with van der Waals surface area (Å²) in [6.07, 6.45) is 0. The Hall–Kier alpha value is -4.41. The lowest BCUT2D eigenvalue weighted by Gasteiger charge is -2.27. The molecule has 4 aromatic rings. The molecule has 11 nitrogen and oxygen atoms in total. The lowest BCUT2D eigenvalue weighted by molar-refractivity contribution is -0.384. The Morgan fingerprint density at radius 2 is 1.97 bits per heavy atom. The standard InChI is InChI=1S/C19H14N8O3/c1-10-5-7-11(8-6-10)17-14-15(12-3-2-4-13(9-12)27(29)30)21-22-18(28)16(14)20-19-23-24-25-26(17)19/h2-9,17H,1H3,(H,22,28)(H,20,23,25)/t17-/m0/s1. The molecule has 0 unspecified atom stereocenters. The van der Waals surface area contributed by atoms with Crippen LogP contribution in [-0.4, -0.2) is 35.3 Å². The number of aromatic nitrogens is 6. The molecule has 0 saturated carbocycles. The zero-order valence-corrected chi connectivity index (χ0v) is 15.6. The summed E-state index contributed by atoms with van der Waals surface area (Å²) in [5.41, 5.74) is 3.07. The summed E-state index contributed by atoms with van der Waals surface area (Å²) in [6.45, 7) is 1.98. The highest BCUT2D eigenvalue weighted by molar-refractivity contribution is 5.76. The van der Waals surface area contributed by atoms with Crippen molar-refractivity contribution in [2.75, 3.05) is 5.32 Å². The number of nitrogens with zero attached hydrogens (tertiary/aromatic N) is 6. The van der Waals surface area contributed by atoms with Gasteiger partial charge in [-0.05, 0) is 22.9 Å². The van der Waals surface area contributed by atoms with Crippen LogP contribution in [0.1, 0.15) is 22.7 Å². The minimum absolute atomic E-state index is 0.0759. The fourth-order valence-corrected chi connectivity index (χ4v) is 3.58. The van der Waals surface area contributed by atoms with Crippen LogP contribution in [0.15, 0.2) is 53.3 Å². The van der Waals surface area contributed by atoms with Gasteiger partial charge in [0.2, 0.25) is 5.95 Å². The first-order valence-electron chi connectivity index (χ1n) is 9.02. The maximum atomic E-state index is 12.6. The third kappa shape index (κ3) is 2.71. The molecular formula is C19H14N8O3. The predicted molar refractivity (Wildman–Crippen MR) is 106 cm³/mol. The Morgan fingerprint density at radius 1 is 1.17 bits per heavy atom. The topological polar surface area (TPSA) is 145 Å². The first kappa shape index (κ1) is 17.7. The number of non-ortho nitro benzene ring substituents is 1. The molecule has 1 atom stereocenters. The Morgan fingerprint density at radius 3 is 2.73 bits per heavy atom. The van der Waals surface area contributed by atoms with E-state index in [1.165, 1.54) is 12.1 Å². The summed E-state index contributed by atoms with van der Waals surface area (Å²) in [4.78, 5) is 23.4. The molecule has 2 aromatic heterocycles. The van der Waals surface area contributed by atoms with Crippen molar-refractivity contribution in [1.29, 1.82) is 0 Å². The molecule has 0 spiro atoms. The van der Waals surface area contributed by atoms with Crippen molar-refractivity contribution in [3.05, 3.63) is 85.7 Å². The van der Waals surface area contributed by atoms with Crippen LogP contribution >= 0.6 is 0 Å². The molecule has 0 amide bonds. The summed E-state index contributed by atoms with van der Waals surface area (Å²) in [7, 11) is 0. The number of anilines is 2. The highest BCUT2D eigenvalue weighted by Gasteiger charge is 2.34. The van der Waals surface area contributed by atoms with E-state index in [0.717, 1.165) is 11.1 Å². The van der Waals surface area contributed by atoms with Gasteiger partial charge < -0.3 is 5.32 Å². The highest BCUT2D eigenvalue weighted by Crippen LogP contribution is 2.41. The molecule has 0 bridgehead atoms. The second kappa shape index (κ2) is 6.58. The fourth-order valence-electron chi connectivity index (χ4n) is 3.58. The number of nitro groups is 1. The molecule has 2 aromatic carbocycles. The van der Waals surface area contributed by atoms with Crippen molar-refractivity contribution in [3.8, 4) is 11.3 Å². The van der Waals surface area contributed by atoms with Crippen molar-refractivity contribution in [2.45, 2.75) is 13.0 Å². The Kier molecular flexibility index (Phi) is 3.88. The summed E-state index contributed by atoms with van der Waals surface area (Å²) in [5.74, 6) is 0.315. The Labute approximate surface area is 168 Å². The summed E-state index contributed by atoms with van der Waals surface area (Å²) >= 11 is 0. The lowest BCUT2D eigenvalue weighted by Crippen LogP contribution is -2.29. The minimum atomic E-state index is -0.545. The van der Waals surface area contributed by atoms with Crippen molar-refractivity contribution < 1.29 is 4.92 Å². The molecule has 3 heterocycles. The number of nitrogens with one attached hydrogen (secondary N) is 2. The van der Waals surface area contributed by atoms with Crippen LogP contribution < -0.4 is 10.9 Å². The molecule has 30 heavy (non-hydrogen) atoms. The van der Waals surface area contributed by atoms with Gasteiger partial charge in [-0.15, -0.1) is 0 Å². The van der Waals surface area contributed by atoms with Crippen molar-refractivity contribution >= 4 is 17.3 Å². The maximum Gasteiger partial charge on any atom is 0.288 e. The average Bonchev–Trinajstić information content (AvgIpc) is 3.22. The van der Waals surface area contributed by atoms with Crippen LogP contribution in [0.3, 0.4) is 0 Å². The van der Waals surface area contributed by atoms with Gasteiger partial charge in [0.05, 0.1) is 10.6 Å². The highest BCUT2D eigenvalue weighted by atomic mass is 16.6. The van der Waals surface area contributed by atoms with Crippen LogP contribution in [0.4, 0.5) is 17.3 Å². The van der Waals surface area contributed by atoms with Gasteiger partial charge in [-0.3, -0.25) is 14.9 Å². The van der Waals surface area contributed by atoms with Crippen molar-refractivity contribution in [2.24, 2.45) is 0 Å².